The molecule has 0 unspecified atom stereocenters. The smallest absolute Gasteiger partial charge is 0.138 e. The van der Waals surface area contributed by atoms with Crippen molar-refractivity contribution in [1.82, 2.24) is 9.55 Å². The summed E-state index contributed by atoms with van der Waals surface area (Å²) in [6.07, 6.45) is 0. The number of aromatic nitrogens is 2. The first-order chi connectivity index (χ1) is 23.6. The van der Waals surface area contributed by atoms with Gasteiger partial charge >= 0.3 is 0 Å². The van der Waals surface area contributed by atoms with Crippen molar-refractivity contribution in [2.45, 2.75) is 19.3 Å². The second-order valence-corrected chi connectivity index (χ2v) is 13.6. The molecule has 2 aromatic heterocycles. The standard InChI is InChI=1S/C46H32N2/c1-46(2)38-19-9-6-18-35(38)44-43-32(15-12-20-39(43)46)27-37-34-17-8-11-22-41(34)48(45(37)44)42-28-36(33-16-7-10-21-40(33)47-42)31-25-23-30(24-26-31)29-13-4-3-5-14-29/h3-28H,1-2H3. The highest BCUT2D eigenvalue weighted by Crippen LogP contribution is 2.52. The van der Waals surface area contributed by atoms with Crippen LogP contribution in [-0.2, 0) is 5.41 Å². The SMILES string of the molecule is CC1(C)c2ccccc2-c2c3c1cccc3cc1c3ccccc3n(-c3cc(-c4ccc(-c5ccccc5)cc4)c4ccccc4n3)c21. The van der Waals surface area contributed by atoms with E-state index < -0.39 is 0 Å². The minimum atomic E-state index is -0.117. The molecular weight excluding hydrogens is 581 g/mol. The minimum Gasteiger partial charge on any atom is -0.293 e. The molecule has 226 valence electrons. The summed E-state index contributed by atoms with van der Waals surface area (Å²) in [6, 6.07) is 57.4. The van der Waals surface area contributed by atoms with E-state index in [-0.39, 0.29) is 5.41 Å². The molecule has 9 aromatic rings. The van der Waals surface area contributed by atoms with Crippen LogP contribution in [0.25, 0.3) is 82.7 Å². The van der Waals surface area contributed by atoms with E-state index in [1.165, 1.54) is 71.6 Å². The lowest BCUT2D eigenvalue weighted by atomic mass is 9.68. The average Bonchev–Trinajstić information content (AvgIpc) is 3.47. The van der Waals surface area contributed by atoms with Gasteiger partial charge < -0.3 is 0 Å². The normalized spacial score (nSPS) is 13.4. The quantitative estimate of drug-likeness (QED) is 0.194. The van der Waals surface area contributed by atoms with Gasteiger partial charge in [0.2, 0.25) is 0 Å². The number of nitrogens with zero attached hydrogens (tertiary/aromatic N) is 2. The molecular formula is C46H32N2. The molecule has 10 rings (SSSR count). The molecule has 0 atom stereocenters. The predicted molar refractivity (Wildman–Crippen MR) is 202 cm³/mol. The topological polar surface area (TPSA) is 17.8 Å². The molecule has 0 amide bonds. The first-order valence-corrected chi connectivity index (χ1v) is 16.7. The molecule has 0 saturated heterocycles. The molecule has 7 aromatic carbocycles. The van der Waals surface area contributed by atoms with Gasteiger partial charge in [0.25, 0.3) is 0 Å². The molecule has 1 aliphatic carbocycles. The van der Waals surface area contributed by atoms with Crippen molar-refractivity contribution in [2.75, 3.05) is 0 Å². The van der Waals surface area contributed by atoms with Gasteiger partial charge in [-0.25, -0.2) is 4.98 Å². The Hall–Kier alpha value is -5.99. The Morgan fingerprint density at radius 1 is 0.500 bits per heavy atom. The first kappa shape index (κ1) is 27.2. The summed E-state index contributed by atoms with van der Waals surface area (Å²) in [5, 5.41) is 6.27. The van der Waals surface area contributed by atoms with Gasteiger partial charge in [0.15, 0.2) is 0 Å². The van der Waals surface area contributed by atoms with Gasteiger partial charge in [0.1, 0.15) is 5.82 Å². The van der Waals surface area contributed by atoms with E-state index in [0.717, 1.165) is 22.2 Å². The Kier molecular flexibility index (Phi) is 5.66. The van der Waals surface area contributed by atoms with Gasteiger partial charge in [-0.15, -0.1) is 0 Å². The zero-order chi connectivity index (χ0) is 32.0. The van der Waals surface area contributed by atoms with Crippen molar-refractivity contribution < 1.29 is 0 Å². The first-order valence-electron chi connectivity index (χ1n) is 16.7. The third-order valence-electron chi connectivity index (χ3n) is 10.6. The van der Waals surface area contributed by atoms with E-state index in [4.69, 9.17) is 4.98 Å². The highest BCUT2D eigenvalue weighted by molar-refractivity contribution is 6.23. The van der Waals surface area contributed by atoms with Crippen LogP contribution < -0.4 is 0 Å². The largest absolute Gasteiger partial charge is 0.293 e. The fraction of sp³-hybridized carbons (Fsp3) is 0.0652. The lowest BCUT2D eigenvalue weighted by Gasteiger charge is -2.35. The van der Waals surface area contributed by atoms with Crippen LogP contribution in [-0.4, -0.2) is 9.55 Å². The van der Waals surface area contributed by atoms with Crippen LogP contribution in [0.4, 0.5) is 0 Å². The Morgan fingerprint density at radius 2 is 1.17 bits per heavy atom. The van der Waals surface area contributed by atoms with Crippen LogP contribution in [0.5, 0.6) is 0 Å². The monoisotopic (exact) mass is 612 g/mol. The number of pyridine rings is 1. The van der Waals surface area contributed by atoms with E-state index in [2.05, 4.69) is 176 Å². The zero-order valence-electron chi connectivity index (χ0n) is 26.9. The Morgan fingerprint density at radius 3 is 2.02 bits per heavy atom. The van der Waals surface area contributed by atoms with Crippen molar-refractivity contribution in [1.29, 1.82) is 0 Å². The summed E-state index contributed by atoms with van der Waals surface area (Å²) in [5.41, 5.74) is 13.4. The lowest BCUT2D eigenvalue weighted by Crippen LogP contribution is -2.23. The zero-order valence-corrected chi connectivity index (χ0v) is 26.9. The molecule has 0 aliphatic heterocycles. The number of para-hydroxylation sites is 2. The van der Waals surface area contributed by atoms with Crippen LogP contribution in [0, 0.1) is 0 Å². The average molecular weight is 613 g/mol. The molecule has 1 aliphatic rings. The van der Waals surface area contributed by atoms with Gasteiger partial charge in [-0.2, -0.15) is 0 Å². The number of hydrogen-bond acceptors (Lipinski definition) is 1. The van der Waals surface area contributed by atoms with Crippen LogP contribution in [0.15, 0.2) is 158 Å². The summed E-state index contributed by atoms with van der Waals surface area (Å²) in [7, 11) is 0. The van der Waals surface area contributed by atoms with Crippen molar-refractivity contribution >= 4 is 43.5 Å². The molecule has 48 heavy (non-hydrogen) atoms. The Labute approximate surface area is 279 Å². The molecule has 0 bridgehead atoms. The maximum atomic E-state index is 5.41. The van der Waals surface area contributed by atoms with Crippen molar-refractivity contribution in [2.24, 2.45) is 0 Å². The van der Waals surface area contributed by atoms with E-state index in [1.807, 2.05) is 0 Å². The second-order valence-electron chi connectivity index (χ2n) is 13.6. The molecule has 0 radical (unpaired) electrons. The molecule has 2 heterocycles. The molecule has 2 nitrogen and oxygen atoms in total. The Balaban J connectivity index is 1.32. The van der Waals surface area contributed by atoms with Crippen molar-refractivity contribution in [3.63, 3.8) is 0 Å². The van der Waals surface area contributed by atoms with Crippen LogP contribution in [0.1, 0.15) is 25.0 Å². The lowest BCUT2D eigenvalue weighted by molar-refractivity contribution is 0.645. The minimum absolute atomic E-state index is 0.117. The Bertz CT molecular complexity index is 2730. The van der Waals surface area contributed by atoms with Crippen LogP contribution in [0.2, 0.25) is 0 Å². The molecule has 0 fully saturated rings. The van der Waals surface area contributed by atoms with Gasteiger partial charge in [-0.05, 0) is 74.0 Å². The highest BCUT2D eigenvalue weighted by Gasteiger charge is 2.35. The summed E-state index contributed by atoms with van der Waals surface area (Å²) < 4.78 is 2.43. The number of fused-ring (bicyclic) bond motifs is 7. The van der Waals surface area contributed by atoms with Gasteiger partial charge in [0.05, 0.1) is 16.6 Å². The summed E-state index contributed by atoms with van der Waals surface area (Å²) in [6.45, 7) is 4.73. The highest BCUT2D eigenvalue weighted by atomic mass is 15.1. The van der Waals surface area contributed by atoms with Crippen LogP contribution in [0.3, 0.4) is 0 Å². The number of hydrogen-bond donors (Lipinski definition) is 0. The van der Waals surface area contributed by atoms with E-state index >= 15 is 0 Å². The number of benzene rings is 7. The van der Waals surface area contributed by atoms with Gasteiger partial charge in [-0.3, -0.25) is 4.57 Å². The van der Waals surface area contributed by atoms with Crippen LogP contribution >= 0.6 is 0 Å². The molecule has 0 spiro atoms. The predicted octanol–water partition coefficient (Wildman–Crippen LogP) is 12.1. The fourth-order valence-electron chi connectivity index (χ4n) is 8.30. The summed E-state index contributed by atoms with van der Waals surface area (Å²) >= 11 is 0. The third kappa shape index (κ3) is 3.77. The fourth-order valence-corrected chi connectivity index (χ4v) is 8.30. The molecule has 0 saturated carbocycles. The van der Waals surface area contributed by atoms with Crippen molar-refractivity contribution in [3.8, 4) is 39.2 Å². The molecule has 0 N–H and O–H groups in total. The molecule has 2 heteroatoms. The van der Waals surface area contributed by atoms with Crippen molar-refractivity contribution in [3.05, 3.63) is 169 Å². The van der Waals surface area contributed by atoms with E-state index in [1.54, 1.807) is 0 Å². The van der Waals surface area contributed by atoms with Gasteiger partial charge in [0, 0.05) is 27.1 Å². The van der Waals surface area contributed by atoms with E-state index in [9.17, 15) is 0 Å². The number of rotatable bonds is 3. The maximum absolute atomic E-state index is 5.41. The maximum Gasteiger partial charge on any atom is 0.138 e. The van der Waals surface area contributed by atoms with Gasteiger partial charge in [-0.1, -0.05) is 147 Å². The second kappa shape index (κ2) is 10.0. The van der Waals surface area contributed by atoms with E-state index in [0.29, 0.717) is 0 Å². The summed E-state index contributed by atoms with van der Waals surface area (Å²) in [4.78, 5) is 5.41. The summed E-state index contributed by atoms with van der Waals surface area (Å²) in [5.74, 6) is 0.928. The third-order valence-corrected chi connectivity index (χ3v) is 10.6.